The molecule has 0 aliphatic heterocycles. The normalized spacial score (nSPS) is 8.71. The fourth-order valence-corrected chi connectivity index (χ4v) is 0.0956. The van der Waals surface area contributed by atoms with Gasteiger partial charge in [-0.3, -0.25) is 0 Å². The Kier molecular flexibility index (Phi) is 4.19. The van der Waals surface area contributed by atoms with Crippen LogP contribution in [0.3, 0.4) is 0 Å². The topological polar surface area (TPSA) is 43.2 Å². The smallest absolute Gasteiger partial charge is 0.248 e. The van der Waals surface area contributed by atoms with Gasteiger partial charge in [-0.2, -0.15) is 0 Å². The van der Waals surface area contributed by atoms with Gasteiger partial charge in [0.25, 0.3) is 0 Å². The summed E-state index contributed by atoms with van der Waals surface area (Å²) in [7, 11) is 1.41. The van der Waals surface area contributed by atoms with Gasteiger partial charge in [0.05, 0.1) is 0 Å². The summed E-state index contributed by atoms with van der Waals surface area (Å²) < 4.78 is 0. The molecule has 4 heteroatoms. The van der Waals surface area contributed by atoms with Crippen LogP contribution < -0.4 is 0 Å². The molecule has 0 aliphatic carbocycles. The fourth-order valence-electron chi connectivity index (χ4n) is 0.0956. The van der Waals surface area contributed by atoms with Gasteiger partial charge < -0.3 is 9.68 Å². The van der Waals surface area contributed by atoms with Crippen LogP contribution in [0, 0.1) is 0 Å². The Morgan fingerprint density at radius 1 is 1.71 bits per heavy atom. The predicted octanol–water partition coefficient (Wildman–Crippen LogP) is 0.208. The van der Waals surface area contributed by atoms with Crippen LogP contribution in [0.25, 0.3) is 0 Å². The summed E-state index contributed by atoms with van der Waals surface area (Å²) in [5.74, 6) is 0. The van der Waals surface area contributed by atoms with Crippen LogP contribution in [0.5, 0.6) is 0 Å². The molecule has 4 nitrogen and oxygen atoms in total. The van der Waals surface area contributed by atoms with Gasteiger partial charge in [0, 0.05) is 6.72 Å². The summed E-state index contributed by atoms with van der Waals surface area (Å²) in [5.41, 5.74) is 0. The fraction of sp³-hybridized carbons (Fsp3) is 0.333. The zero-order chi connectivity index (χ0) is 5.54. The minimum atomic E-state index is 1.03. The molecule has 0 unspecified atom stereocenters. The molecule has 0 spiro atoms. The second kappa shape index (κ2) is 4.94. The van der Waals surface area contributed by atoms with Crippen molar-refractivity contribution in [2.45, 2.75) is 0 Å². The molecule has 0 saturated carbocycles. The molecule has 0 amide bonds. The van der Waals surface area contributed by atoms with E-state index >= 15 is 0 Å². The average Bonchev–Trinajstić information content (AvgIpc) is 1.69. The summed E-state index contributed by atoms with van der Waals surface area (Å²) in [6, 6.07) is 0. The molecule has 0 radical (unpaired) electrons. The van der Waals surface area contributed by atoms with Crippen molar-refractivity contribution in [3.05, 3.63) is 0 Å². The van der Waals surface area contributed by atoms with Gasteiger partial charge in [0.2, 0.25) is 6.40 Å². The van der Waals surface area contributed by atoms with E-state index in [1.807, 2.05) is 0 Å². The van der Waals surface area contributed by atoms with E-state index < -0.39 is 0 Å². The first-order valence-corrected chi connectivity index (χ1v) is 1.58. The summed E-state index contributed by atoms with van der Waals surface area (Å²) in [6.07, 6.45) is 1.03. The summed E-state index contributed by atoms with van der Waals surface area (Å²) >= 11 is 0. The lowest BCUT2D eigenvalue weighted by atomic mass is 11.5. The second-order valence-electron chi connectivity index (χ2n) is 0.628. The molecule has 0 atom stereocenters. The Hall–Kier alpha value is -1.06. The molecule has 0 aromatic rings. The van der Waals surface area contributed by atoms with Gasteiger partial charge in [0.15, 0.2) is 0 Å². The van der Waals surface area contributed by atoms with E-state index in [-0.39, 0.29) is 0 Å². The van der Waals surface area contributed by atoms with Gasteiger partial charge in [0.1, 0.15) is 7.11 Å². The summed E-state index contributed by atoms with van der Waals surface area (Å²) in [6.45, 7) is 3.01. The highest BCUT2D eigenvalue weighted by Gasteiger charge is 1.61. The minimum Gasteiger partial charge on any atom is -0.397 e. The third kappa shape index (κ3) is 4.94. The van der Waals surface area contributed by atoms with Crippen molar-refractivity contribution < 1.29 is 9.68 Å². The van der Waals surface area contributed by atoms with Crippen molar-refractivity contribution in [3.8, 4) is 0 Å². The maximum atomic E-state index is 4.20. The van der Waals surface area contributed by atoms with Crippen molar-refractivity contribution in [3.63, 3.8) is 0 Å². The van der Waals surface area contributed by atoms with Gasteiger partial charge in [-0.05, 0) is 0 Å². The molecule has 40 valence electrons. The molecule has 0 N–H and O–H groups in total. The monoisotopic (exact) mass is 102 g/mol. The van der Waals surface area contributed by atoms with Crippen LogP contribution >= 0.6 is 0 Å². The first-order chi connectivity index (χ1) is 3.41. The maximum Gasteiger partial charge on any atom is 0.248 e. The lowest BCUT2D eigenvalue weighted by molar-refractivity contribution is 0.199. The summed E-state index contributed by atoms with van der Waals surface area (Å²) in [4.78, 5) is 8.37. The molecule has 0 saturated heterocycles. The highest BCUT2D eigenvalue weighted by atomic mass is 16.7. The van der Waals surface area contributed by atoms with E-state index in [1.165, 1.54) is 7.11 Å². The van der Waals surface area contributed by atoms with Crippen LogP contribution in [0.2, 0.25) is 0 Å². The van der Waals surface area contributed by atoms with E-state index in [4.69, 9.17) is 0 Å². The van der Waals surface area contributed by atoms with Crippen molar-refractivity contribution in [2.75, 3.05) is 7.11 Å². The molecule has 0 bridgehead atoms. The number of nitrogens with zero attached hydrogens (tertiary/aromatic N) is 2. The molecule has 0 rings (SSSR count). The summed E-state index contributed by atoms with van der Waals surface area (Å²) in [5, 5.41) is 6.17. The van der Waals surface area contributed by atoms with Crippen molar-refractivity contribution >= 4 is 13.1 Å². The molecular weight excluding hydrogens is 96.0 g/mol. The Labute approximate surface area is 41.4 Å². The van der Waals surface area contributed by atoms with Crippen LogP contribution in [-0.2, 0) is 9.68 Å². The zero-order valence-corrected chi connectivity index (χ0v) is 4.00. The number of rotatable bonds is 3. The van der Waals surface area contributed by atoms with E-state index in [0.29, 0.717) is 0 Å². The van der Waals surface area contributed by atoms with Gasteiger partial charge in [-0.15, -0.1) is 0 Å². The average molecular weight is 102 g/mol. The van der Waals surface area contributed by atoms with E-state index in [2.05, 4.69) is 26.7 Å². The zero-order valence-electron chi connectivity index (χ0n) is 4.00. The van der Waals surface area contributed by atoms with Crippen LogP contribution in [0.15, 0.2) is 10.3 Å². The highest BCUT2D eigenvalue weighted by molar-refractivity contribution is 5.45. The van der Waals surface area contributed by atoms with Gasteiger partial charge in [-0.25, -0.2) is 0 Å². The maximum absolute atomic E-state index is 4.20. The highest BCUT2D eigenvalue weighted by Crippen LogP contribution is 1.65. The van der Waals surface area contributed by atoms with Crippen LogP contribution in [0.1, 0.15) is 0 Å². The first kappa shape index (κ1) is 5.94. The molecule has 0 aromatic carbocycles. The molecule has 0 heterocycles. The van der Waals surface area contributed by atoms with Crippen LogP contribution in [-0.4, -0.2) is 20.2 Å². The van der Waals surface area contributed by atoms with E-state index in [0.717, 1.165) is 6.40 Å². The standard InChI is InChI=1S/C3H6N2O2/c1-4-7-3-5-6-2/h3H,1H2,2H3/b5-3-. The third-order valence-electron chi connectivity index (χ3n) is 0.270. The molecule has 0 fully saturated rings. The van der Waals surface area contributed by atoms with Crippen LogP contribution in [0.4, 0.5) is 0 Å². The second-order valence-corrected chi connectivity index (χ2v) is 0.628. The molecule has 7 heavy (non-hydrogen) atoms. The lowest BCUT2D eigenvalue weighted by Gasteiger charge is -1.81. The molecule has 0 aromatic heterocycles. The minimum absolute atomic E-state index is 1.03. The van der Waals surface area contributed by atoms with Gasteiger partial charge >= 0.3 is 0 Å². The van der Waals surface area contributed by atoms with E-state index in [1.54, 1.807) is 0 Å². The Morgan fingerprint density at radius 2 is 2.43 bits per heavy atom. The SMILES string of the molecule is C=NO/C=N\OC. The van der Waals surface area contributed by atoms with Crippen molar-refractivity contribution in [1.82, 2.24) is 0 Å². The molecule has 0 aliphatic rings. The van der Waals surface area contributed by atoms with E-state index in [9.17, 15) is 0 Å². The first-order valence-electron chi connectivity index (χ1n) is 1.58. The number of hydrogen-bond donors (Lipinski definition) is 0. The largest absolute Gasteiger partial charge is 0.397 e. The number of hydrogen-bond acceptors (Lipinski definition) is 4. The van der Waals surface area contributed by atoms with Gasteiger partial charge in [-0.1, -0.05) is 10.3 Å². The van der Waals surface area contributed by atoms with Crippen molar-refractivity contribution in [2.24, 2.45) is 10.3 Å². The van der Waals surface area contributed by atoms with Crippen molar-refractivity contribution in [1.29, 1.82) is 0 Å². The number of oxime groups is 2. The Morgan fingerprint density at radius 3 is 2.86 bits per heavy atom. The quantitative estimate of drug-likeness (QED) is 0.290. The molecular formula is C3H6N2O2. The lowest BCUT2D eigenvalue weighted by Crippen LogP contribution is -1.75. The Balaban J connectivity index is 2.92. The predicted molar refractivity (Wildman–Crippen MR) is 26.1 cm³/mol. The third-order valence-corrected chi connectivity index (χ3v) is 0.270. The Bertz CT molecular complexity index is 71.3.